The van der Waals surface area contributed by atoms with Crippen LogP contribution in [0, 0.1) is 6.92 Å². The maximum absolute atomic E-state index is 10.2. The number of aryl methyl sites for hydroxylation is 1. The van der Waals surface area contributed by atoms with Gasteiger partial charge in [-0.3, -0.25) is 9.97 Å². The third kappa shape index (κ3) is 3.60. The third-order valence-electron chi connectivity index (χ3n) is 3.59. The summed E-state index contributed by atoms with van der Waals surface area (Å²) in [5, 5.41) is 10.2. The van der Waals surface area contributed by atoms with Gasteiger partial charge in [0.2, 0.25) is 0 Å². The highest BCUT2D eigenvalue weighted by Crippen LogP contribution is 2.38. The average Bonchev–Trinajstić information content (AvgIpc) is 3.33. The molecular weight excluding hydrogens is 332 g/mol. The van der Waals surface area contributed by atoms with Crippen LogP contribution in [-0.2, 0) is 0 Å². The van der Waals surface area contributed by atoms with Crippen molar-refractivity contribution in [2.24, 2.45) is 0 Å². The van der Waals surface area contributed by atoms with Crippen LogP contribution in [0.1, 0.15) is 41.8 Å². The van der Waals surface area contributed by atoms with E-state index in [1.807, 2.05) is 25.1 Å². The van der Waals surface area contributed by atoms with Crippen LogP contribution >= 0.6 is 15.9 Å². The van der Waals surface area contributed by atoms with Gasteiger partial charge in [0, 0.05) is 34.0 Å². The van der Waals surface area contributed by atoms with Crippen LogP contribution in [-0.4, -0.2) is 21.7 Å². The molecular formula is C16H17BrN2O2. The largest absolute Gasteiger partial charge is 0.489 e. The van der Waals surface area contributed by atoms with Gasteiger partial charge in [-0.25, -0.2) is 0 Å². The van der Waals surface area contributed by atoms with Crippen molar-refractivity contribution in [3.05, 3.63) is 52.0 Å². The number of aliphatic hydroxyl groups is 1. The molecule has 0 saturated heterocycles. The number of hydrogen-bond acceptors (Lipinski definition) is 4. The highest BCUT2D eigenvalue weighted by atomic mass is 79.9. The van der Waals surface area contributed by atoms with Crippen LogP contribution in [0.25, 0.3) is 0 Å². The SMILES string of the molecule is Cc1ncc(Br)cc1OCC(O)c1ccc(C2CC2)nc1. The van der Waals surface area contributed by atoms with Gasteiger partial charge in [0.1, 0.15) is 18.5 Å². The molecule has 2 heterocycles. The van der Waals surface area contributed by atoms with Gasteiger partial charge < -0.3 is 9.84 Å². The first kappa shape index (κ1) is 14.5. The molecule has 1 aliphatic rings. The molecule has 21 heavy (non-hydrogen) atoms. The maximum atomic E-state index is 10.2. The quantitative estimate of drug-likeness (QED) is 0.897. The first-order valence-electron chi connectivity index (χ1n) is 7.02. The van der Waals surface area contributed by atoms with Gasteiger partial charge in [0.25, 0.3) is 0 Å². The zero-order valence-corrected chi connectivity index (χ0v) is 13.4. The van der Waals surface area contributed by atoms with Crippen molar-refractivity contribution in [1.29, 1.82) is 0 Å². The van der Waals surface area contributed by atoms with Crippen LogP contribution in [0.15, 0.2) is 35.1 Å². The number of aliphatic hydroxyl groups excluding tert-OH is 1. The Kier molecular flexibility index (Phi) is 4.22. The number of ether oxygens (including phenoxy) is 1. The number of aromatic nitrogens is 2. The van der Waals surface area contributed by atoms with Crippen molar-refractivity contribution in [1.82, 2.24) is 9.97 Å². The maximum Gasteiger partial charge on any atom is 0.141 e. The van der Waals surface area contributed by atoms with Crippen molar-refractivity contribution in [3.8, 4) is 5.75 Å². The fourth-order valence-corrected chi connectivity index (χ4v) is 2.44. The molecule has 0 bridgehead atoms. The minimum Gasteiger partial charge on any atom is -0.489 e. The highest BCUT2D eigenvalue weighted by Gasteiger charge is 2.24. The molecule has 1 saturated carbocycles. The van der Waals surface area contributed by atoms with E-state index in [4.69, 9.17) is 4.74 Å². The van der Waals surface area contributed by atoms with Gasteiger partial charge in [-0.1, -0.05) is 6.07 Å². The molecule has 1 unspecified atom stereocenters. The second-order valence-electron chi connectivity index (χ2n) is 5.35. The summed E-state index contributed by atoms with van der Waals surface area (Å²) in [6.07, 6.45) is 5.23. The molecule has 0 aliphatic heterocycles. The van der Waals surface area contributed by atoms with Gasteiger partial charge in [0.05, 0.1) is 5.69 Å². The van der Waals surface area contributed by atoms with E-state index in [2.05, 4.69) is 25.9 Å². The van der Waals surface area contributed by atoms with Crippen LogP contribution in [0.5, 0.6) is 5.75 Å². The zero-order valence-electron chi connectivity index (χ0n) is 11.8. The van der Waals surface area contributed by atoms with Crippen LogP contribution < -0.4 is 4.74 Å². The number of rotatable bonds is 5. The van der Waals surface area contributed by atoms with Gasteiger partial charge >= 0.3 is 0 Å². The lowest BCUT2D eigenvalue weighted by atomic mass is 10.1. The normalized spacial score (nSPS) is 15.8. The topological polar surface area (TPSA) is 55.2 Å². The van der Waals surface area contributed by atoms with E-state index in [9.17, 15) is 5.11 Å². The summed E-state index contributed by atoms with van der Waals surface area (Å²) in [4.78, 5) is 8.61. The molecule has 4 nitrogen and oxygen atoms in total. The van der Waals surface area contributed by atoms with Crippen LogP contribution in [0.4, 0.5) is 0 Å². The summed E-state index contributed by atoms with van der Waals surface area (Å²) in [5.41, 5.74) is 2.70. The van der Waals surface area contributed by atoms with E-state index in [0.29, 0.717) is 11.7 Å². The molecule has 2 aromatic heterocycles. The number of hydrogen-bond donors (Lipinski definition) is 1. The number of pyridine rings is 2. The first-order valence-corrected chi connectivity index (χ1v) is 7.81. The predicted octanol–water partition coefficient (Wildman–Crippen LogP) is 3.54. The fourth-order valence-electron chi connectivity index (χ4n) is 2.13. The standard InChI is InChI=1S/C16H17BrN2O2/c1-10-16(6-13(17)8-18-10)21-9-15(20)12-4-5-14(19-7-12)11-2-3-11/h4-8,11,15,20H,2-3,9H2,1H3. The molecule has 0 aromatic carbocycles. The summed E-state index contributed by atoms with van der Waals surface area (Å²) in [6.45, 7) is 2.06. The summed E-state index contributed by atoms with van der Waals surface area (Å²) in [7, 11) is 0. The van der Waals surface area contributed by atoms with Crippen molar-refractivity contribution in [3.63, 3.8) is 0 Å². The average molecular weight is 349 g/mol. The Morgan fingerprint density at radius 1 is 1.33 bits per heavy atom. The molecule has 1 N–H and O–H groups in total. The molecule has 0 amide bonds. The zero-order chi connectivity index (χ0) is 14.8. The Hall–Kier alpha value is -1.46. The van der Waals surface area contributed by atoms with Gasteiger partial charge in [-0.05, 0) is 47.8 Å². The molecule has 0 spiro atoms. The summed E-state index contributed by atoms with van der Waals surface area (Å²) in [6, 6.07) is 5.78. The molecule has 1 aliphatic carbocycles. The van der Waals surface area contributed by atoms with Crippen molar-refractivity contribution < 1.29 is 9.84 Å². The van der Waals surface area contributed by atoms with E-state index >= 15 is 0 Å². The predicted molar refractivity (Wildman–Crippen MR) is 83.3 cm³/mol. The Labute approximate surface area is 132 Å². The van der Waals surface area contributed by atoms with Gasteiger partial charge in [0.15, 0.2) is 0 Å². The van der Waals surface area contributed by atoms with Crippen molar-refractivity contribution in [2.45, 2.75) is 31.8 Å². The van der Waals surface area contributed by atoms with E-state index in [1.54, 1.807) is 12.4 Å². The molecule has 2 aromatic rings. The number of halogens is 1. The summed E-state index contributed by atoms with van der Waals surface area (Å²) >= 11 is 3.36. The van der Waals surface area contributed by atoms with Gasteiger partial charge in [-0.2, -0.15) is 0 Å². The minimum absolute atomic E-state index is 0.184. The molecule has 110 valence electrons. The van der Waals surface area contributed by atoms with E-state index in [1.165, 1.54) is 12.8 Å². The lowest BCUT2D eigenvalue weighted by Crippen LogP contribution is -2.11. The van der Waals surface area contributed by atoms with Gasteiger partial charge in [-0.15, -0.1) is 0 Å². The van der Waals surface area contributed by atoms with Crippen molar-refractivity contribution >= 4 is 15.9 Å². The van der Waals surface area contributed by atoms with E-state index < -0.39 is 6.10 Å². The summed E-state index contributed by atoms with van der Waals surface area (Å²) < 4.78 is 6.51. The Morgan fingerprint density at radius 2 is 2.14 bits per heavy atom. The summed E-state index contributed by atoms with van der Waals surface area (Å²) in [5.74, 6) is 1.30. The molecule has 3 rings (SSSR count). The monoisotopic (exact) mass is 348 g/mol. The highest BCUT2D eigenvalue weighted by molar-refractivity contribution is 9.10. The van der Waals surface area contributed by atoms with Crippen LogP contribution in [0.2, 0.25) is 0 Å². The molecule has 0 radical (unpaired) electrons. The molecule has 1 atom stereocenters. The lowest BCUT2D eigenvalue weighted by Gasteiger charge is -2.14. The number of nitrogens with zero attached hydrogens (tertiary/aromatic N) is 2. The Bertz CT molecular complexity index is 627. The smallest absolute Gasteiger partial charge is 0.141 e. The Balaban J connectivity index is 1.62. The van der Waals surface area contributed by atoms with Crippen molar-refractivity contribution in [2.75, 3.05) is 6.61 Å². The second kappa shape index (κ2) is 6.12. The minimum atomic E-state index is -0.691. The lowest BCUT2D eigenvalue weighted by molar-refractivity contribution is 0.107. The first-order chi connectivity index (χ1) is 10.1. The molecule has 5 heteroatoms. The van der Waals surface area contributed by atoms with E-state index in [0.717, 1.165) is 21.4 Å². The second-order valence-corrected chi connectivity index (χ2v) is 6.27. The Morgan fingerprint density at radius 3 is 2.81 bits per heavy atom. The molecule has 1 fully saturated rings. The van der Waals surface area contributed by atoms with E-state index in [-0.39, 0.29) is 6.61 Å². The van der Waals surface area contributed by atoms with Crippen LogP contribution in [0.3, 0.4) is 0 Å². The third-order valence-corrected chi connectivity index (χ3v) is 4.03. The fraction of sp³-hybridized carbons (Fsp3) is 0.375.